The molecule has 1 aromatic carbocycles. The molecule has 1 N–H and O–H groups in total. The monoisotopic (exact) mass is 392 g/mol. The molecular formula is C17H13BF2NO7. The third-order valence-electron chi connectivity index (χ3n) is 4.21. The molecule has 0 saturated carbocycles. The van der Waals surface area contributed by atoms with Crippen molar-refractivity contribution in [2.75, 3.05) is 0 Å². The number of aryl methyl sites for hydroxylation is 1. The summed E-state index contributed by atoms with van der Waals surface area (Å²) in [4.78, 5) is 47.1. The first kappa shape index (κ1) is 19.5. The lowest BCUT2D eigenvalue weighted by molar-refractivity contribution is -0.151. The van der Waals surface area contributed by atoms with Gasteiger partial charge in [0.2, 0.25) is 11.7 Å². The zero-order valence-electron chi connectivity index (χ0n) is 14.7. The molecule has 0 amide bonds. The van der Waals surface area contributed by atoms with E-state index in [4.69, 9.17) is 14.6 Å². The van der Waals surface area contributed by atoms with Gasteiger partial charge >= 0.3 is 19.2 Å². The lowest BCUT2D eigenvalue weighted by Gasteiger charge is -2.31. The van der Waals surface area contributed by atoms with Gasteiger partial charge in [-0.1, -0.05) is 0 Å². The summed E-state index contributed by atoms with van der Waals surface area (Å²) < 4.78 is 39.7. The van der Waals surface area contributed by atoms with Crippen LogP contribution < -0.4 is 15.6 Å². The number of ether oxygens (including phenoxy) is 2. The van der Waals surface area contributed by atoms with Crippen molar-refractivity contribution in [1.82, 2.24) is 4.57 Å². The summed E-state index contributed by atoms with van der Waals surface area (Å²) in [6.07, 6.45) is -1.18. The standard InChI is InChI=1S/C17H13BF2NO7/c1-6(22)27-11-4-3-8-13(20)10(19)5-9-14(8)21(11)16(28-7(2)23)12(15(9)24)18-17(25)26/h5,11H,3-4H2,1-2H3,(H,25,26). The summed E-state index contributed by atoms with van der Waals surface area (Å²) in [6, 6.07) is 0.639. The van der Waals surface area contributed by atoms with Crippen LogP contribution in [0.15, 0.2) is 10.9 Å². The molecule has 28 heavy (non-hydrogen) atoms. The van der Waals surface area contributed by atoms with Crippen LogP contribution in [-0.4, -0.2) is 34.8 Å². The number of aromatic nitrogens is 1. The van der Waals surface area contributed by atoms with Gasteiger partial charge in [-0.25, -0.2) is 8.78 Å². The predicted molar refractivity (Wildman–Crippen MR) is 92.0 cm³/mol. The van der Waals surface area contributed by atoms with Gasteiger partial charge in [0.15, 0.2) is 23.3 Å². The average Bonchev–Trinajstić information content (AvgIpc) is 2.58. The molecule has 1 aromatic heterocycles. The van der Waals surface area contributed by atoms with Crippen molar-refractivity contribution in [3.8, 4) is 5.88 Å². The van der Waals surface area contributed by atoms with E-state index in [2.05, 4.69) is 0 Å². The summed E-state index contributed by atoms with van der Waals surface area (Å²) in [5.41, 5.74) is -1.81. The average molecular weight is 392 g/mol. The number of carbonyl (C=O) groups excluding carboxylic acids is 2. The van der Waals surface area contributed by atoms with E-state index >= 15 is 0 Å². The van der Waals surface area contributed by atoms with E-state index in [9.17, 15) is 28.0 Å². The quantitative estimate of drug-likeness (QED) is 0.615. The molecule has 0 bridgehead atoms. The Balaban J connectivity index is 2.51. The first-order chi connectivity index (χ1) is 13.1. The summed E-state index contributed by atoms with van der Waals surface area (Å²) >= 11 is 0. The van der Waals surface area contributed by atoms with Crippen molar-refractivity contribution in [3.05, 3.63) is 33.5 Å². The number of halogens is 2. The Morgan fingerprint density at radius 2 is 1.93 bits per heavy atom. The minimum atomic E-state index is -1.53. The molecule has 11 heteroatoms. The molecule has 0 saturated heterocycles. The van der Waals surface area contributed by atoms with Crippen LogP contribution in [0.25, 0.3) is 10.9 Å². The maximum atomic E-state index is 14.4. The molecule has 1 radical (unpaired) electrons. The molecule has 1 unspecified atom stereocenters. The van der Waals surface area contributed by atoms with Gasteiger partial charge in [0.05, 0.1) is 5.52 Å². The Morgan fingerprint density at radius 3 is 2.50 bits per heavy atom. The third kappa shape index (κ3) is 3.23. The van der Waals surface area contributed by atoms with Gasteiger partial charge in [0, 0.05) is 36.7 Å². The second kappa shape index (κ2) is 7.06. The fraction of sp³-hybridized carbons (Fsp3) is 0.294. The van der Waals surface area contributed by atoms with E-state index in [1.807, 2.05) is 0 Å². The lowest BCUT2D eigenvalue weighted by Crippen LogP contribution is -2.42. The molecule has 0 aliphatic carbocycles. The molecule has 1 atom stereocenters. The van der Waals surface area contributed by atoms with Crippen molar-refractivity contribution < 1.29 is 37.7 Å². The van der Waals surface area contributed by atoms with Crippen LogP contribution in [0.4, 0.5) is 13.6 Å². The number of carboxylic acid groups (broad SMARTS) is 1. The second-order valence-corrected chi connectivity index (χ2v) is 6.14. The highest BCUT2D eigenvalue weighted by molar-refractivity contribution is 6.82. The highest BCUT2D eigenvalue weighted by Gasteiger charge is 2.34. The van der Waals surface area contributed by atoms with Crippen LogP contribution in [0.2, 0.25) is 0 Å². The smallest absolute Gasteiger partial charge is 0.310 e. The molecular weight excluding hydrogens is 379 g/mol. The normalized spacial score (nSPS) is 15.2. The van der Waals surface area contributed by atoms with E-state index in [0.29, 0.717) is 13.3 Å². The molecule has 8 nitrogen and oxygen atoms in total. The van der Waals surface area contributed by atoms with Gasteiger partial charge in [-0.3, -0.25) is 23.7 Å². The molecule has 0 spiro atoms. The van der Waals surface area contributed by atoms with Crippen molar-refractivity contribution in [1.29, 1.82) is 0 Å². The number of hydrogen-bond donors (Lipinski definition) is 1. The fourth-order valence-corrected chi connectivity index (χ4v) is 3.28. The number of benzene rings is 1. The number of nitrogens with zero attached hydrogens (tertiary/aromatic N) is 1. The molecule has 2 heterocycles. The summed E-state index contributed by atoms with van der Waals surface area (Å²) in [5, 5.41) is 8.78. The Hall–Kier alpha value is -3.24. The highest BCUT2D eigenvalue weighted by atomic mass is 19.2. The highest BCUT2D eigenvalue weighted by Crippen LogP contribution is 2.36. The molecule has 2 aromatic rings. The Labute approximate surface area is 156 Å². The largest absolute Gasteiger partial charge is 0.489 e. The van der Waals surface area contributed by atoms with Crippen molar-refractivity contribution in [2.24, 2.45) is 0 Å². The van der Waals surface area contributed by atoms with E-state index in [0.717, 1.165) is 18.4 Å². The van der Waals surface area contributed by atoms with Gasteiger partial charge in [-0.05, 0) is 12.5 Å². The van der Waals surface area contributed by atoms with Gasteiger partial charge in [-0.2, -0.15) is 0 Å². The maximum Gasteiger partial charge on any atom is 0.310 e. The molecule has 145 valence electrons. The van der Waals surface area contributed by atoms with E-state index < -0.39 is 52.4 Å². The molecule has 0 fully saturated rings. The fourth-order valence-electron chi connectivity index (χ4n) is 3.28. The van der Waals surface area contributed by atoms with Crippen LogP contribution in [0.1, 0.15) is 32.1 Å². The first-order valence-corrected chi connectivity index (χ1v) is 8.14. The number of hydrogen-bond acceptors (Lipinski definition) is 6. The van der Waals surface area contributed by atoms with Crippen LogP contribution >= 0.6 is 0 Å². The minimum absolute atomic E-state index is 0.00823. The lowest BCUT2D eigenvalue weighted by atomic mass is 9.70. The van der Waals surface area contributed by atoms with Crippen molar-refractivity contribution in [2.45, 2.75) is 32.9 Å². The number of rotatable bonds is 4. The molecule has 3 rings (SSSR count). The Bertz CT molecular complexity index is 1100. The molecule has 1 aliphatic heterocycles. The van der Waals surface area contributed by atoms with Crippen LogP contribution in [0.3, 0.4) is 0 Å². The Morgan fingerprint density at radius 1 is 1.25 bits per heavy atom. The van der Waals surface area contributed by atoms with Gasteiger partial charge in [0.1, 0.15) is 0 Å². The van der Waals surface area contributed by atoms with Gasteiger partial charge < -0.3 is 14.6 Å². The van der Waals surface area contributed by atoms with E-state index in [1.54, 1.807) is 0 Å². The number of pyridine rings is 1. The second-order valence-electron chi connectivity index (χ2n) is 6.14. The first-order valence-electron chi connectivity index (χ1n) is 8.14. The van der Waals surface area contributed by atoms with E-state index in [-0.39, 0.29) is 29.3 Å². The maximum absolute atomic E-state index is 14.4. The molecule has 1 aliphatic rings. The van der Waals surface area contributed by atoms with Gasteiger partial charge in [0.25, 0.3) is 0 Å². The zero-order chi connectivity index (χ0) is 20.7. The van der Waals surface area contributed by atoms with Crippen LogP contribution in [0, 0.1) is 11.6 Å². The van der Waals surface area contributed by atoms with Gasteiger partial charge in [-0.15, -0.1) is 0 Å². The van der Waals surface area contributed by atoms with Crippen molar-refractivity contribution >= 4 is 41.5 Å². The van der Waals surface area contributed by atoms with Crippen LogP contribution in [0.5, 0.6) is 5.88 Å². The zero-order valence-corrected chi connectivity index (χ0v) is 14.7. The van der Waals surface area contributed by atoms with E-state index in [1.165, 1.54) is 0 Å². The van der Waals surface area contributed by atoms with Crippen molar-refractivity contribution in [3.63, 3.8) is 0 Å². The summed E-state index contributed by atoms with van der Waals surface area (Å²) in [5.74, 6) is -6.12. The summed E-state index contributed by atoms with van der Waals surface area (Å²) in [6.45, 7) is 2.14. The SMILES string of the molecule is CC(=O)Oc1c([B]C(=O)O)c(=O)c2cc(F)c(F)c3c2n1C(OC(C)=O)CC3. The summed E-state index contributed by atoms with van der Waals surface area (Å²) in [7, 11) is 0.490. The third-order valence-corrected chi connectivity index (χ3v) is 4.21. The number of carbonyl (C=O) groups is 3. The topological polar surface area (TPSA) is 112 Å². The predicted octanol–water partition coefficient (Wildman–Crippen LogP) is 1.22. The Kier molecular flexibility index (Phi) is 4.92. The minimum Gasteiger partial charge on any atom is -0.489 e. The number of esters is 2. The van der Waals surface area contributed by atoms with Crippen LogP contribution in [-0.2, 0) is 20.7 Å².